The van der Waals surface area contributed by atoms with Gasteiger partial charge < -0.3 is 5.32 Å². The Labute approximate surface area is 135 Å². The maximum atomic E-state index is 13.5. The molecule has 1 heterocycles. The van der Waals surface area contributed by atoms with Crippen molar-refractivity contribution >= 4 is 5.91 Å². The number of hydrogen-bond donors (Lipinski definition) is 1. The first-order chi connectivity index (χ1) is 11.0. The lowest BCUT2D eigenvalue weighted by Gasteiger charge is -2.21. The molecule has 0 spiro atoms. The van der Waals surface area contributed by atoms with Crippen LogP contribution in [0.3, 0.4) is 0 Å². The summed E-state index contributed by atoms with van der Waals surface area (Å²) in [5.74, 6) is -0.00803. The van der Waals surface area contributed by atoms with Gasteiger partial charge in [-0.25, -0.2) is 4.39 Å². The monoisotopic (exact) mass is 318 g/mol. The number of carbonyl (C=O) groups is 1. The van der Waals surface area contributed by atoms with Crippen LogP contribution in [-0.2, 0) is 17.8 Å². The molecule has 23 heavy (non-hydrogen) atoms. The van der Waals surface area contributed by atoms with E-state index in [9.17, 15) is 9.18 Å². The largest absolute Gasteiger partial charge is 0.351 e. The van der Waals surface area contributed by atoms with E-state index >= 15 is 0 Å². The van der Waals surface area contributed by atoms with Crippen molar-refractivity contribution in [2.24, 2.45) is 5.92 Å². The van der Waals surface area contributed by atoms with Gasteiger partial charge in [-0.3, -0.25) is 4.79 Å². The molecule has 0 saturated carbocycles. The molecule has 6 heteroatoms. The fraction of sp³-hybridized carbons (Fsp3) is 0.471. The number of amides is 1. The molecule has 0 radical (unpaired) electrons. The van der Waals surface area contributed by atoms with Crippen LogP contribution in [0.2, 0.25) is 0 Å². The molecule has 0 aliphatic heterocycles. The van der Waals surface area contributed by atoms with Crippen LogP contribution in [0.1, 0.15) is 31.4 Å². The molecule has 1 amide bonds. The zero-order valence-electron chi connectivity index (χ0n) is 13.8. The van der Waals surface area contributed by atoms with Crippen molar-refractivity contribution < 1.29 is 9.18 Å². The zero-order valence-corrected chi connectivity index (χ0v) is 13.8. The molecule has 0 aliphatic rings. The molecule has 2 rings (SSSR count). The van der Waals surface area contributed by atoms with Gasteiger partial charge in [-0.05, 0) is 36.5 Å². The van der Waals surface area contributed by atoms with E-state index in [1.165, 1.54) is 6.07 Å². The highest BCUT2D eigenvalue weighted by atomic mass is 19.1. The number of halogens is 1. The molecule has 0 fully saturated rings. The van der Waals surface area contributed by atoms with Crippen molar-refractivity contribution in [1.29, 1.82) is 0 Å². The molecule has 1 unspecified atom stereocenters. The van der Waals surface area contributed by atoms with Crippen molar-refractivity contribution in [3.8, 4) is 0 Å². The number of hydrogen-bond acceptors (Lipinski definition) is 3. The SMILES string of the molecule is Cc1ccc(CCC(=O)NC(Cn2nccn2)C(C)C)cc1F. The van der Waals surface area contributed by atoms with Crippen LogP contribution >= 0.6 is 0 Å². The summed E-state index contributed by atoms with van der Waals surface area (Å²) in [6, 6.07) is 5.06. The predicted molar refractivity (Wildman–Crippen MR) is 86.2 cm³/mol. The standard InChI is InChI=1S/C17H23FN4O/c1-12(2)16(11-22-19-8-9-20-22)21-17(23)7-6-14-5-4-13(3)15(18)10-14/h4-5,8-10,12,16H,6-7,11H2,1-3H3,(H,21,23). The van der Waals surface area contributed by atoms with Crippen LogP contribution in [0.25, 0.3) is 0 Å². The second-order valence-corrected chi connectivity index (χ2v) is 6.09. The van der Waals surface area contributed by atoms with Crippen molar-refractivity contribution in [3.05, 3.63) is 47.5 Å². The Morgan fingerprint density at radius 1 is 1.30 bits per heavy atom. The van der Waals surface area contributed by atoms with Crippen molar-refractivity contribution in [3.63, 3.8) is 0 Å². The molecular formula is C17H23FN4O. The fourth-order valence-electron chi connectivity index (χ4n) is 2.27. The highest BCUT2D eigenvalue weighted by Gasteiger charge is 2.17. The van der Waals surface area contributed by atoms with Crippen LogP contribution in [-0.4, -0.2) is 26.9 Å². The minimum Gasteiger partial charge on any atom is -0.351 e. The summed E-state index contributed by atoms with van der Waals surface area (Å²) >= 11 is 0. The molecular weight excluding hydrogens is 295 g/mol. The second-order valence-electron chi connectivity index (χ2n) is 6.09. The first-order valence-corrected chi connectivity index (χ1v) is 7.84. The molecule has 0 saturated heterocycles. The zero-order chi connectivity index (χ0) is 16.8. The first kappa shape index (κ1) is 17.1. The smallest absolute Gasteiger partial charge is 0.220 e. The minimum absolute atomic E-state index is 0.0374. The summed E-state index contributed by atoms with van der Waals surface area (Å²) in [5.41, 5.74) is 1.45. The van der Waals surface area contributed by atoms with E-state index in [1.54, 1.807) is 30.2 Å². The number of benzene rings is 1. The number of nitrogens with one attached hydrogen (secondary N) is 1. The molecule has 1 aromatic heterocycles. The Morgan fingerprint density at radius 2 is 2.00 bits per heavy atom. The van der Waals surface area contributed by atoms with Gasteiger partial charge in [0.1, 0.15) is 5.82 Å². The Kier molecular flexibility index (Phi) is 5.84. The normalized spacial score (nSPS) is 12.4. The van der Waals surface area contributed by atoms with Crippen molar-refractivity contribution in [2.75, 3.05) is 0 Å². The van der Waals surface area contributed by atoms with Gasteiger partial charge in [0.05, 0.1) is 25.0 Å². The van der Waals surface area contributed by atoms with E-state index in [4.69, 9.17) is 0 Å². The third kappa shape index (κ3) is 5.16. The number of rotatable bonds is 7. The number of aryl methyl sites for hydroxylation is 2. The quantitative estimate of drug-likeness (QED) is 0.853. The van der Waals surface area contributed by atoms with Gasteiger partial charge in [0.25, 0.3) is 0 Å². The Morgan fingerprint density at radius 3 is 2.61 bits per heavy atom. The van der Waals surface area contributed by atoms with Gasteiger partial charge in [0, 0.05) is 6.42 Å². The van der Waals surface area contributed by atoms with Crippen molar-refractivity contribution in [2.45, 2.75) is 46.2 Å². The summed E-state index contributed by atoms with van der Waals surface area (Å²) in [7, 11) is 0. The summed E-state index contributed by atoms with van der Waals surface area (Å²) in [4.78, 5) is 13.7. The van der Waals surface area contributed by atoms with Gasteiger partial charge in [-0.15, -0.1) is 0 Å². The average Bonchev–Trinajstić information content (AvgIpc) is 3.01. The van der Waals surface area contributed by atoms with E-state index in [0.717, 1.165) is 5.56 Å². The van der Waals surface area contributed by atoms with Crippen LogP contribution in [0.5, 0.6) is 0 Å². The molecule has 1 N–H and O–H groups in total. The predicted octanol–water partition coefficient (Wildman–Crippen LogP) is 2.50. The van der Waals surface area contributed by atoms with E-state index in [-0.39, 0.29) is 23.7 Å². The number of nitrogens with zero attached hydrogens (tertiary/aromatic N) is 3. The van der Waals surface area contributed by atoms with E-state index in [0.29, 0.717) is 24.9 Å². The minimum atomic E-state index is -0.229. The topological polar surface area (TPSA) is 59.8 Å². The lowest BCUT2D eigenvalue weighted by Crippen LogP contribution is -2.42. The second kappa shape index (κ2) is 7.85. The third-order valence-corrected chi connectivity index (χ3v) is 3.85. The van der Waals surface area contributed by atoms with Gasteiger partial charge in [0.2, 0.25) is 5.91 Å². The summed E-state index contributed by atoms with van der Waals surface area (Å²) in [6.07, 6.45) is 4.09. The number of aromatic nitrogens is 3. The summed E-state index contributed by atoms with van der Waals surface area (Å²) in [6.45, 7) is 6.35. The summed E-state index contributed by atoms with van der Waals surface area (Å²) in [5, 5.41) is 11.2. The van der Waals surface area contributed by atoms with Gasteiger partial charge >= 0.3 is 0 Å². The van der Waals surface area contributed by atoms with E-state index in [2.05, 4.69) is 15.5 Å². The maximum absolute atomic E-state index is 13.5. The fourth-order valence-corrected chi connectivity index (χ4v) is 2.27. The van der Waals surface area contributed by atoms with Crippen LogP contribution < -0.4 is 5.32 Å². The first-order valence-electron chi connectivity index (χ1n) is 7.84. The average molecular weight is 318 g/mol. The summed E-state index contributed by atoms with van der Waals surface area (Å²) < 4.78 is 13.5. The Balaban J connectivity index is 1.87. The Bertz CT molecular complexity index is 640. The molecule has 0 aliphatic carbocycles. The van der Waals surface area contributed by atoms with E-state index in [1.807, 2.05) is 19.9 Å². The lowest BCUT2D eigenvalue weighted by atomic mass is 10.0. The van der Waals surface area contributed by atoms with Crippen LogP contribution in [0.15, 0.2) is 30.6 Å². The highest BCUT2D eigenvalue weighted by molar-refractivity contribution is 5.76. The lowest BCUT2D eigenvalue weighted by molar-refractivity contribution is -0.122. The maximum Gasteiger partial charge on any atom is 0.220 e. The molecule has 2 aromatic rings. The van der Waals surface area contributed by atoms with Gasteiger partial charge in [-0.1, -0.05) is 26.0 Å². The molecule has 124 valence electrons. The molecule has 0 bridgehead atoms. The van der Waals surface area contributed by atoms with Gasteiger partial charge in [0.15, 0.2) is 0 Å². The van der Waals surface area contributed by atoms with Gasteiger partial charge in [-0.2, -0.15) is 15.0 Å². The molecule has 5 nitrogen and oxygen atoms in total. The Hall–Kier alpha value is -2.24. The van der Waals surface area contributed by atoms with Crippen molar-refractivity contribution in [1.82, 2.24) is 20.3 Å². The highest BCUT2D eigenvalue weighted by Crippen LogP contribution is 2.11. The number of carbonyl (C=O) groups excluding carboxylic acids is 1. The van der Waals surface area contributed by atoms with Crippen LogP contribution in [0, 0.1) is 18.7 Å². The van der Waals surface area contributed by atoms with E-state index < -0.39 is 0 Å². The molecule has 1 atom stereocenters. The third-order valence-electron chi connectivity index (χ3n) is 3.85. The molecule has 1 aromatic carbocycles. The van der Waals surface area contributed by atoms with Crippen LogP contribution in [0.4, 0.5) is 4.39 Å².